The molecule has 0 spiro atoms. The van der Waals surface area contributed by atoms with Crippen molar-refractivity contribution in [1.82, 2.24) is 4.98 Å². The number of hydrogen-bond donors (Lipinski definition) is 1. The Labute approximate surface area is 113 Å². The molecular formula is C13H11FN2O2S. The van der Waals surface area contributed by atoms with Gasteiger partial charge < -0.3 is 10.0 Å². The van der Waals surface area contributed by atoms with Gasteiger partial charge in [0.05, 0.1) is 0 Å². The molecule has 0 bridgehead atoms. The summed E-state index contributed by atoms with van der Waals surface area (Å²) in [6.45, 7) is 1.23. The summed E-state index contributed by atoms with van der Waals surface area (Å²) in [6.07, 6.45) is 2.18. The van der Waals surface area contributed by atoms with Crippen LogP contribution in [0, 0.1) is 5.82 Å². The lowest BCUT2D eigenvalue weighted by molar-refractivity contribution is 0.0691. The molecule has 0 aliphatic carbocycles. The molecule has 0 saturated heterocycles. The molecule has 0 atom stereocenters. The van der Waals surface area contributed by atoms with Gasteiger partial charge in [-0.15, -0.1) is 11.3 Å². The van der Waals surface area contributed by atoms with E-state index in [1.807, 2.05) is 11.4 Å². The number of aromatic carboxylic acids is 1. The zero-order valence-corrected chi connectivity index (χ0v) is 10.8. The summed E-state index contributed by atoms with van der Waals surface area (Å²) in [5.74, 6) is -1.90. The van der Waals surface area contributed by atoms with E-state index in [9.17, 15) is 9.18 Å². The fourth-order valence-electron chi connectivity index (χ4n) is 2.25. The molecule has 0 amide bonds. The van der Waals surface area contributed by atoms with Crippen LogP contribution in [0.2, 0.25) is 0 Å². The molecule has 0 fully saturated rings. The molecule has 0 saturated carbocycles. The molecule has 4 nitrogen and oxygen atoms in total. The van der Waals surface area contributed by atoms with Crippen LogP contribution < -0.4 is 4.90 Å². The quantitative estimate of drug-likeness (QED) is 0.917. The van der Waals surface area contributed by atoms with Crippen molar-refractivity contribution in [1.29, 1.82) is 0 Å². The van der Waals surface area contributed by atoms with Crippen LogP contribution in [0.15, 0.2) is 23.7 Å². The molecule has 0 radical (unpaired) electrons. The maximum atomic E-state index is 14.1. The summed E-state index contributed by atoms with van der Waals surface area (Å²) in [6, 6.07) is 3.20. The van der Waals surface area contributed by atoms with Crippen molar-refractivity contribution in [3.05, 3.63) is 45.5 Å². The highest BCUT2D eigenvalue weighted by molar-refractivity contribution is 7.10. The minimum absolute atomic E-state index is 0.122. The molecule has 98 valence electrons. The van der Waals surface area contributed by atoms with E-state index in [0.29, 0.717) is 13.1 Å². The molecule has 19 heavy (non-hydrogen) atoms. The standard InChI is InChI=1S/C13H11FN2O2S/c14-11-9(13(17)18)1-4-15-12(11)16-5-2-10-8(7-16)3-6-19-10/h1,3-4,6H,2,5,7H2,(H,17,18). The van der Waals surface area contributed by atoms with E-state index in [2.05, 4.69) is 4.98 Å². The summed E-state index contributed by atoms with van der Waals surface area (Å²) in [7, 11) is 0. The van der Waals surface area contributed by atoms with Crippen LogP contribution >= 0.6 is 11.3 Å². The zero-order valence-electron chi connectivity index (χ0n) is 9.97. The number of thiophene rings is 1. The van der Waals surface area contributed by atoms with E-state index >= 15 is 0 Å². The van der Waals surface area contributed by atoms with Gasteiger partial charge in [-0.3, -0.25) is 0 Å². The number of anilines is 1. The van der Waals surface area contributed by atoms with Crippen molar-refractivity contribution in [2.45, 2.75) is 13.0 Å². The van der Waals surface area contributed by atoms with Gasteiger partial charge in [0.1, 0.15) is 5.56 Å². The number of rotatable bonds is 2. The molecule has 1 aliphatic heterocycles. The first-order valence-corrected chi connectivity index (χ1v) is 6.73. The Hall–Kier alpha value is -1.95. The maximum Gasteiger partial charge on any atom is 0.338 e. The Morgan fingerprint density at radius 2 is 2.32 bits per heavy atom. The minimum Gasteiger partial charge on any atom is -0.478 e. The molecule has 1 aliphatic rings. The number of pyridine rings is 1. The Morgan fingerprint density at radius 1 is 1.47 bits per heavy atom. The molecule has 3 heterocycles. The summed E-state index contributed by atoms with van der Waals surface area (Å²) in [5.41, 5.74) is 0.833. The lowest BCUT2D eigenvalue weighted by atomic mass is 10.1. The van der Waals surface area contributed by atoms with E-state index in [4.69, 9.17) is 5.11 Å². The Kier molecular flexibility index (Phi) is 2.94. The number of carboxylic acid groups (broad SMARTS) is 1. The third kappa shape index (κ3) is 2.08. The highest BCUT2D eigenvalue weighted by atomic mass is 32.1. The number of fused-ring (bicyclic) bond motifs is 1. The SMILES string of the molecule is O=C(O)c1ccnc(N2CCc3sccc3C2)c1F. The number of halogens is 1. The van der Waals surface area contributed by atoms with Gasteiger partial charge in [-0.1, -0.05) is 0 Å². The second-order valence-electron chi connectivity index (χ2n) is 4.34. The summed E-state index contributed by atoms with van der Waals surface area (Å²) < 4.78 is 14.1. The van der Waals surface area contributed by atoms with Crippen molar-refractivity contribution < 1.29 is 14.3 Å². The largest absolute Gasteiger partial charge is 0.478 e. The third-order valence-electron chi connectivity index (χ3n) is 3.21. The molecule has 0 aromatic carbocycles. The predicted octanol–water partition coefficient (Wildman–Crippen LogP) is 2.54. The molecular weight excluding hydrogens is 267 g/mol. The highest BCUT2D eigenvalue weighted by Gasteiger charge is 2.23. The summed E-state index contributed by atoms with van der Waals surface area (Å²) in [5, 5.41) is 10.9. The monoisotopic (exact) mass is 278 g/mol. The van der Waals surface area contributed by atoms with Gasteiger partial charge in [0, 0.05) is 24.2 Å². The molecule has 6 heteroatoms. The van der Waals surface area contributed by atoms with Crippen LogP contribution in [0.5, 0.6) is 0 Å². The molecule has 1 N–H and O–H groups in total. The lowest BCUT2D eigenvalue weighted by Gasteiger charge is -2.28. The smallest absolute Gasteiger partial charge is 0.338 e. The lowest BCUT2D eigenvalue weighted by Crippen LogP contribution is -2.31. The van der Waals surface area contributed by atoms with E-state index in [-0.39, 0.29) is 11.4 Å². The molecule has 3 rings (SSSR count). The number of carboxylic acids is 1. The Balaban J connectivity index is 1.96. The Morgan fingerprint density at radius 3 is 3.11 bits per heavy atom. The van der Waals surface area contributed by atoms with Gasteiger partial charge in [-0.2, -0.15) is 0 Å². The van der Waals surface area contributed by atoms with Gasteiger partial charge in [-0.05, 0) is 29.5 Å². The molecule has 2 aromatic rings. The van der Waals surface area contributed by atoms with Gasteiger partial charge in [0.25, 0.3) is 0 Å². The van der Waals surface area contributed by atoms with Crippen molar-refractivity contribution in [3.63, 3.8) is 0 Å². The fraction of sp³-hybridized carbons (Fsp3) is 0.231. The second-order valence-corrected chi connectivity index (χ2v) is 5.34. The fourth-order valence-corrected chi connectivity index (χ4v) is 3.14. The van der Waals surface area contributed by atoms with Gasteiger partial charge in [0.2, 0.25) is 0 Å². The molecule has 0 unspecified atom stereocenters. The first-order chi connectivity index (χ1) is 9.16. The van der Waals surface area contributed by atoms with E-state index < -0.39 is 11.8 Å². The van der Waals surface area contributed by atoms with Crippen LogP contribution in [0.1, 0.15) is 20.8 Å². The van der Waals surface area contributed by atoms with Crippen LogP contribution in [-0.2, 0) is 13.0 Å². The van der Waals surface area contributed by atoms with E-state index in [0.717, 1.165) is 12.0 Å². The van der Waals surface area contributed by atoms with Crippen molar-refractivity contribution >= 4 is 23.1 Å². The number of nitrogens with zero attached hydrogens (tertiary/aromatic N) is 2. The van der Waals surface area contributed by atoms with Crippen molar-refractivity contribution in [3.8, 4) is 0 Å². The topological polar surface area (TPSA) is 53.4 Å². The first-order valence-electron chi connectivity index (χ1n) is 5.85. The van der Waals surface area contributed by atoms with Crippen molar-refractivity contribution in [2.75, 3.05) is 11.4 Å². The summed E-state index contributed by atoms with van der Waals surface area (Å²) in [4.78, 5) is 18.0. The average molecular weight is 278 g/mol. The maximum absolute atomic E-state index is 14.1. The average Bonchev–Trinajstić information content (AvgIpc) is 2.85. The molecule has 2 aromatic heterocycles. The number of carbonyl (C=O) groups is 1. The van der Waals surface area contributed by atoms with E-state index in [1.54, 1.807) is 16.2 Å². The van der Waals surface area contributed by atoms with Crippen LogP contribution in [0.25, 0.3) is 0 Å². The third-order valence-corrected chi connectivity index (χ3v) is 4.23. The van der Waals surface area contributed by atoms with Gasteiger partial charge in [0.15, 0.2) is 11.6 Å². The van der Waals surface area contributed by atoms with Crippen molar-refractivity contribution in [2.24, 2.45) is 0 Å². The number of hydrogen-bond acceptors (Lipinski definition) is 4. The van der Waals surface area contributed by atoms with Gasteiger partial charge >= 0.3 is 5.97 Å². The minimum atomic E-state index is -1.27. The highest BCUT2D eigenvalue weighted by Crippen LogP contribution is 2.28. The van der Waals surface area contributed by atoms with Crippen LogP contribution in [0.3, 0.4) is 0 Å². The van der Waals surface area contributed by atoms with Crippen LogP contribution in [0.4, 0.5) is 10.2 Å². The van der Waals surface area contributed by atoms with Crippen LogP contribution in [-0.4, -0.2) is 22.6 Å². The normalized spacial score (nSPS) is 14.3. The van der Waals surface area contributed by atoms with E-state index in [1.165, 1.54) is 17.1 Å². The summed E-state index contributed by atoms with van der Waals surface area (Å²) >= 11 is 1.70. The Bertz CT molecular complexity index is 641. The number of aromatic nitrogens is 1. The zero-order chi connectivity index (χ0) is 13.4. The van der Waals surface area contributed by atoms with Gasteiger partial charge in [-0.25, -0.2) is 14.2 Å². The predicted molar refractivity (Wildman–Crippen MR) is 70.2 cm³/mol. The first kappa shape index (κ1) is 12.1. The second kappa shape index (κ2) is 4.62.